The number of halogens is 1. The maximum absolute atomic E-state index is 12.0. The van der Waals surface area contributed by atoms with Gasteiger partial charge in [-0.25, -0.2) is 0 Å². The average molecular weight is 337 g/mol. The molecular formula is C14H13BrN2O3. The van der Waals surface area contributed by atoms with Gasteiger partial charge in [0, 0.05) is 5.56 Å². The van der Waals surface area contributed by atoms with Crippen molar-refractivity contribution in [3.05, 3.63) is 51.9 Å². The fraction of sp³-hybridized carbons (Fsp3) is 0.214. The van der Waals surface area contributed by atoms with Crippen LogP contribution in [0.1, 0.15) is 27.5 Å². The highest BCUT2D eigenvalue weighted by molar-refractivity contribution is 9.10. The van der Waals surface area contributed by atoms with Gasteiger partial charge < -0.3 is 20.2 Å². The molecule has 6 heteroatoms. The Labute approximate surface area is 124 Å². The lowest BCUT2D eigenvalue weighted by atomic mass is 9.99. The number of ether oxygens (including phenoxy) is 1. The van der Waals surface area contributed by atoms with Gasteiger partial charge in [-0.05, 0) is 39.7 Å². The Morgan fingerprint density at radius 2 is 2.20 bits per heavy atom. The van der Waals surface area contributed by atoms with Crippen molar-refractivity contribution >= 4 is 21.8 Å². The van der Waals surface area contributed by atoms with Crippen LogP contribution in [-0.2, 0) is 0 Å². The zero-order chi connectivity index (χ0) is 14.1. The highest BCUT2D eigenvalue weighted by Gasteiger charge is 2.20. The van der Waals surface area contributed by atoms with E-state index in [0.29, 0.717) is 29.1 Å². The van der Waals surface area contributed by atoms with Crippen LogP contribution in [0.25, 0.3) is 0 Å². The summed E-state index contributed by atoms with van der Waals surface area (Å²) < 4.78 is 11.3. The molecule has 20 heavy (non-hydrogen) atoms. The number of hydrogen-bond acceptors (Lipinski definition) is 4. The van der Waals surface area contributed by atoms with E-state index in [1.807, 2.05) is 6.07 Å². The Morgan fingerprint density at radius 3 is 2.95 bits per heavy atom. The summed E-state index contributed by atoms with van der Waals surface area (Å²) in [4.78, 5) is 12.0. The van der Waals surface area contributed by atoms with Crippen LogP contribution in [0, 0.1) is 0 Å². The molecule has 5 nitrogen and oxygen atoms in total. The van der Waals surface area contributed by atoms with Crippen molar-refractivity contribution in [1.82, 2.24) is 5.32 Å². The van der Waals surface area contributed by atoms with E-state index in [4.69, 9.17) is 14.9 Å². The van der Waals surface area contributed by atoms with Gasteiger partial charge in [0.05, 0.1) is 24.4 Å². The number of nitrogens with one attached hydrogen (secondary N) is 1. The summed E-state index contributed by atoms with van der Waals surface area (Å²) in [5.74, 6) is 0.444. The van der Waals surface area contributed by atoms with E-state index < -0.39 is 0 Å². The number of nitrogens with two attached hydrogens (primary N) is 1. The molecule has 3 rings (SSSR count). The van der Waals surface area contributed by atoms with Gasteiger partial charge in [-0.1, -0.05) is 6.07 Å². The molecule has 1 amide bonds. The Bertz CT molecular complexity index is 654. The molecule has 0 spiro atoms. The van der Waals surface area contributed by atoms with Gasteiger partial charge in [0.15, 0.2) is 4.67 Å². The molecule has 1 aromatic carbocycles. The molecule has 2 aromatic rings. The van der Waals surface area contributed by atoms with E-state index in [0.717, 1.165) is 11.1 Å². The smallest absolute Gasteiger partial charge is 0.255 e. The summed E-state index contributed by atoms with van der Waals surface area (Å²) in [5, 5.41) is 2.78. The van der Waals surface area contributed by atoms with Gasteiger partial charge in [0.2, 0.25) is 0 Å². The number of carbonyl (C=O) groups is 1. The van der Waals surface area contributed by atoms with Gasteiger partial charge in [0.25, 0.3) is 5.91 Å². The molecule has 1 atom stereocenters. The zero-order valence-electron chi connectivity index (χ0n) is 10.6. The molecule has 104 valence electrons. The van der Waals surface area contributed by atoms with Gasteiger partial charge in [0.1, 0.15) is 12.4 Å². The van der Waals surface area contributed by atoms with Crippen LogP contribution in [0.2, 0.25) is 0 Å². The fourth-order valence-corrected chi connectivity index (χ4v) is 2.66. The summed E-state index contributed by atoms with van der Waals surface area (Å²) in [6.45, 7) is 0.972. The van der Waals surface area contributed by atoms with Crippen LogP contribution in [0.3, 0.4) is 0 Å². The molecule has 1 aliphatic heterocycles. The highest BCUT2D eigenvalue weighted by Crippen LogP contribution is 2.30. The van der Waals surface area contributed by atoms with Gasteiger partial charge in [-0.15, -0.1) is 0 Å². The summed E-state index contributed by atoms with van der Waals surface area (Å²) in [6, 6.07) is 6.84. The van der Waals surface area contributed by atoms with Crippen molar-refractivity contribution in [2.45, 2.75) is 6.04 Å². The summed E-state index contributed by atoms with van der Waals surface area (Å²) in [5.41, 5.74) is 8.38. The van der Waals surface area contributed by atoms with Gasteiger partial charge >= 0.3 is 0 Å². The largest absolute Gasteiger partial charge is 0.491 e. The third-order valence-corrected chi connectivity index (χ3v) is 3.88. The summed E-state index contributed by atoms with van der Waals surface area (Å²) >= 11 is 3.31. The maximum Gasteiger partial charge on any atom is 0.255 e. The molecule has 1 unspecified atom stereocenters. The number of fused-ring (bicyclic) bond motifs is 1. The minimum absolute atomic E-state index is 0.141. The van der Waals surface area contributed by atoms with E-state index in [-0.39, 0.29) is 11.9 Å². The number of rotatable bonds is 2. The standard InChI is InChI=1S/C14H13BrN2O3/c15-13-9(3-5-20-13)12(16)8-1-2-11-10(7-8)14(18)17-4-6-19-11/h1-3,5,7,12H,4,6,16H2,(H,17,18). The Balaban J connectivity index is 2.00. The predicted octanol–water partition coefficient (Wildman–Crippen LogP) is 2.21. The Morgan fingerprint density at radius 1 is 1.35 bits per heavy atom. The van der Waals surface area contributed by atoms with E-state index in [9.17, 15) is 4.79 Å². The van der Waals surface area contributed by atoms with Gasteiger partial charge in [-0.3, -0.25) is 4.79 Å². The monoisotopic (exact) mass is 336 g/mol. The Hall–Kier alpha value is -1.79. The van der Waals surface area contributed by atoms with E-state index >= 15 is 0 Å². The lowest BCUT2D eigenvalue weighted by Crippen LogP contribution is -2.24. The fourth-order valence-electron chi connectivity index (χ4n) is 2.17. The van der Waals surface area contributed by atoms with E-state index in [1.165, 1.54) is 0 Å². The number of amides is 1. The molecule has 3 N–H and O–H groups in total. The maximum atomic E-state index is 12.0. The van der Waals surface area contributed by atoms with Crippen molar-refractivity contribution in [2.24, 2.45) is 5.73 Å². The number of carbonyl (C=O) groups excluding carboxylic acids is 1. The topological polar surface area (TPSA) is 77.5 Å². The minimum Gasteiger partial charge on any atom is -0.491 e. The molecule has 0 bridgehead atoms. The molecule has 0 saturated heterocycles. The molecule has 0 fully saturated rings. The molecule has 0 saturated carbocycles. The second-order valence-electron chi connectivity index (χ2n) is 4.49. The van der Waals surface area contributed by atoms with E-state index in [2.05, 4.69) is 21.2 Å². The second-order valence-corrected chi connectivity index (χ2v) is 5.21. The lowest BCUT2D eigenvalue weighted by molar-refractivity contribution is 0.0957. The van der Waals surface area contributed by atoms with Crippen LogP contribution in [0.5, 0.6) is 5.75 Å². The first-order valence-electron chi connectivity index (χ1n) is 6.20. The normalized spacial score (nSPS) is 15.8. The molecule has 1 aliphatic rings. The quantitative estimate of drug-likeness (QED) is 0.881. The summed E-state index contributed by atoms with van der Waals surface area (Å²) in [6.07, 6.45) is 1.57. The van der Waals surface area contributed by atoms with Crippen LogP contribution < -0.4 is 15.8 Å². The van der Waals surface area contributed by atoms with Crippen molar-refractivity contribution in [1.29, 1.82) is 0 Å². The first-order valence-corrected chi connectivity index (χ1v) is 6.99. The van der Waals surface area contributed by atoms with Crippen molar-refractivity contribution in [2.75, 3.05) is 13.2 Å². The average Bonchev–Trinajstić information content (AvgIpc) is 2.79. The SMILES string of the molecule is NC(c1ccc2c(c1)C(=O)NCCO2)c1ccoc1Br. The van der Waals surface area contributed by atoms with Crippen molar-refractivity contribution in [3.63, 3.8) is 0 Å². The number of furan rings is 1. The van der Waals surface area contributed by atoms with Crippen LogP contribution >= 0.6 is 15.9 Å². The third-order valence-electron chi connectivity index (χ3n) is 3.23. The lowest BCUT2D eigenvalue weighted by Gasteiger charge is -2.13. The Kier molecular flexibility index (Phi) is 3.50. The van der Waals surface area contributed by atoms with Crippen LogP contribution in [0.15, 0.2) is 39.6 Å². The van der Waals surface area contributed by atoms with Crippen molar-refractivity contribution in [3.8, 4) is 5.75 Å². The molecule has 2 heterocycles. The van der Waals surface area contributed by atoms with Crippen molar-refractivity contribution < 1.29 is 13.9 Å². The van der Waals surface area contributed by atoms with E-state index in [1.54, 1.807) is 24.5 Å². The summed E-state index contributed by atoms with van der Waals surface area (Å²) in [7, 11) is 0. The first kappa shape index (κ1) is 13.2. The predicted molar refractivity (Wildman–Crippen MR) is 76.7 cm³/mol. The van der Waals surface area contributed by atoms with Crippen LogP contribution in [-0.4, -0.2) is 19.1 Å². The molecule has 0 radical (unpaired) electrons. The number of benzene rings is 1. The molecule has 0 aliphatic carbocycles. The minimum atomic E-state index is -0.371. The van der Waals surface area contributed by atoms with Crippen LogP contribution in [0.4, 0.5) is 0 Å². The van der Waals surface area contributed by atoms with Gasteiger partial charge in [-0.2, -0.15) is 0 Å². The number of hydrogen-bond donors (Lipinski definition) is 2. The molecular weight excluding hydrogens is 324 g/mol. The zero-order valence-corrected chi connectivity index (χ0v) is 12.1. The second kappa shape index (κ2) is 5.30. The first-order chi connectivity index (χ1) is 9.66. The molecule has 1 aromatic heterocycles. The third kappa shape index (κ3) is 2.32. The highest BCUT2D eigenvalue weighted by atomic mass is 79.9.